The zero-order valence-electron chi connectivity index (χ0n) is 11.7. The first-order valence-electron chi connectivity index (χ1n) is 6.35. The fraction of sp³-hybridized carbons (Fsp3) is 0.833. The molecule has 1 rings (SSSR count). The normalized spacial score (nSPS) is 23.2. The van der Waals surface area contributed by atoms with Gasteiger partial charge in [0.1, 0.15) is 6.54 Å². The van der Waals surface area contributed by atoms with Gasteiger partial charge < -0.3 is 19.6 Å². The Balaban J connectivity index is 2.70. The molecule has 0 aromatic rings. The van der Waals surface area contributed by atoms with Gasteiger partial charge in [-0.2, -0.15) is 11.8 Å². The van der Waals surface area contributed by atoms with E-state index < -0.39 is 5.97 Å². The number of ether oxygens (including phenoxy) is 1. The number of carbonyl (C=O) groups is 2. The highest BCUT2D eigenvalue weighted by atomic mass is 32.2. The van der Waals surface area contributed by atoms with E-state index in [-0.39, 0.29) is 18.6 Å². The lowest BCUT2D eigenvalue weighted by atomic mass is 10.2. The number of aliphatic carboxylic acids is 1. The Morgan fingerprint density at radius 2 is 2.16 bits per heavy atom. The van der Waals surface area contributed by atoms with Crippen molar-refractivity contribution in [2.45, 2.75) is 25.1 Å². The molecule has 0 radical (unpaired) electrons. The number of carbonyl (C=O) groups excluding carboxylic acids is 1. The summed E-state index contributed by atoms with van der Waals surface area (Å²) in [4.78, 5) is 26.4. The maximum Gasteiger partial charge on any atom is 0.323 e. The van der Waals surface area contributed by atoms with Gasteiger partial charge in [-0.3, -0.25) is 4.79 Å². The summed E-state index contributed by atoms with van der Waals surface area (Å²) >= 11 is 1.84. The Morgan fingerprint density at radius 1 is 1.47 bits per heavy atom. The Kier molecular flexibility index (Phi) is 6.44. The summed E-state index contributed by atoms with van der Waals surface area (Å²) in [6.45, 7) is 5.11. The van der Waals surface area contributed by atoms with Gasteiger partial charge in [0.25, 0.3) is 0 Å². The quantitative estimate of drug-likeness (QED) is 0.817. The van der Waals surface area contributed by atoms with E-state index in [1.807, 2.05) is 18.7 Å². The predicted octanol–water partition coefficient (Wildman–Crippen LogP) is 0.965. The van der Waals surface area contributed by atoms with E-state index in [2.05, 4.69) is 6.92 Å². The van der Waals surface area contributed by atoms with E-state index >= 15 is 0 Å². The molecule has 6 nitrogen and oxygen atoms in total. The molecular weight excluding hydrogens is 268 g/mol. The van der Waals surface area contributed by atoms with Gasteiger partial charge in [0.15, 0.2) is 0 Å². The first kappa shape index (κ1) is 16.1. The molecule has 110 valence electrons. The maximum absolute atomic E-state index is 12.4. The molecule has 0 aromatic heterocycles. The molecule has 2 atom stereocenters. The van der Waals surface area contributed by atoms with Gasteiger partial charge in [-0.1, -0.05) is 6.92 Å². The summed E-state index contributed by atoms with van der Waals surface area (Å²) in [7, 11) is 1.53. The summed E-state index contributed by atoms with van der Waals surface area (Å²) in [6, 6.07) is -0.0933. The van der Waals surface area contributed by atoms with Gasteiger partial charge in [0, 0.05) is 37.2 Å². The number of urea groups is 1. The fourth-order valence-corrected chi connectivity index (χ4v) is 3.09. The number of thioether (sulfide) groups is 1. The molecule has 19 heavy (non-hydrogen) atoms. The largest absolute Gasteiger partial charge is 0.480 e. The highest BCUT2D eigenvalue weighted by Gasteiger charge is 2.32. The highest BCUT2D eigenvalue weighted by molar-refractivity contribution is 8.00. The van der Waals surface area contributed by atoms with E-state index in [1.165, 1.54) is 12.0 Å². The standard InChI is InChI=1S/C12H22N2O4S/c1-9-10(2)19-7-5-14(9)12(17)13(4-6-18-3)8-11(15)16/h9-10H,4-8H2,1-3H3,(H,15,16). The molecule has 1 aliphatic heterocycles. The summed E-state index contributed by atoms with van der Waals surface area (Å²) < 4.78 is 4.93. The van der Waals surface area contributed by atoms with Crippen molar-refractivity contribution in [2.75, 3.05) is 39.1 Å². The van der Waals surface area contributed by atoms with Crippen LogP contribution < -0.4 is 0 Å². The van der Waals surface area contributed by atoms with Crippen LogP contribution in [0.5, 0.6) is 0 Å². The smallest absolute Gasteiger partial charge is 0.323 e. The maximum atomic E-state index is 12.4. The SMILES string of the molecule is COCCN(CC(=O)O)C(=O)N1CCSC(C)C1C. The van der Waals surface area contributed by atoms with Crippen molar-refractivity contribution in [2.24, 2.45) is 0 Å². The van der Waals surface area contributed by atoms with E-state index in [1.54, 1.807) is 4.90 Å². The molecule has 1 N–H and O–H groups in total. The van der Waals surface area contributed by atoms with Crippen molar-refractivity contribution in [1.82, 2.24) is 9.80 Å². The van der Waals surface area contributed by atoms with Gasteiger partial charge in [-0.25, -0.2) is 4.79 Å². The van der Waals surface area contributed by atoms with Gasteiger partial charge in [-0.15, -0.1) is 0 Å². The average Bonchev–Trinajstić information content (AvgIpc) is 2.36. The molecule has 1 fully saturated rings. The third-order valence-electron chi connectivity index (χ3n) is 3.29. The Morgan fingerprint density at radius 3 is 2.74 bits per heavy atom. The van der Waals surface area contributed by atoms with Crippen LogP contribution in [0.1, 0.15) is 13.8 Å². The van der Waals surface area contributed by atoms with E-state index in [0.717, 1.165) is 5.75 Å². The van der Waals surface area contributed by atoms with Crippen molar-refractivity contribution in [3.8, 4) is 0 Å². The lowest BCUT2D eigenvalue weighted by molar-refractivity contribution is -0.137. The number of methoxy groups -OCH3 is 1. The van der Waals surface area contributed by atoms with Crippen molar-refractivity contribution in [1.29, 1.82) is 0 Å². The van der Waals surface area contributed by atoms with Gasteiger partial charge in [0.2, 0.25) is 0 Å². The summed E-state index contributed by atoms with van der Waals surface area (Å²) in [5, 5.41) is 9.26. The molecule has 2 unspecified atom stereocenters. The minimum absolute atomic E-state index is 0.116. The van der Waals surface area contributed by atoms with Gasteiger partial charge in [-0.05, 0) is 6.92 Å². The van der Waals surface area contributed by atoms with Crippen LogP contribution >= 0.6 is 11.8 Å². The van der Waals surface area contributed by atoms with Crippen LogP contribution in [0.15, 0.2) is 0 Å². The van der Waals surface area contributed by atoms with Crippen LogP contribution in [0.4, 0.5) is 4.79 Å². The zero-order chi connectivity index (χ0) is 14.4. The van der Waals surface area contributed by atoms with Crippen molar-refractivity contribution in [3.63, 3.8) is 0 Å². The number of rotatable bonds is 5. The van der Waals surface area contributed by atoms with E-state index in [4.69, 9.17) is 9.84 Å². The molecule has 0 aliphatic carbocycles. The molecule has 2 amide bonds. The summed E-state index contributed by atoms with van der Waals surface area (Å²) in [5.74, 6) is -0.112. The third kappa shape index (κ3) is 4.58. The molecule has 0 aromatic carbocycles. The number of hydrogen-bond donors (Lipinski definition) is 1. The van der Waals surface area contributed by atoms with Crippen LogP contribution in [0.3, 0.4) is 0 Å². The minimum Gasteiger partial charge on any atom is -0.480 e. The molecular formula is C12H22N2O4S. The Bertz CT molecular complexity index is 327. The van der Waals surface area contributed by atoms with Crippen LogP contribution in [0.25, 0.3) is 0 Å². The molecule has 0 bridgehead atoms. The third-order valence-corrected chi connectivity index (χ3v) is 4.63. The zero-order valence-corrected chi connectivity index (χ0v) is 12.5. The number of amides is 2. The lowest BCUT2D eigenvalue weighted by Gasteiger charge is -2.40. The molecule has 1 heterocycles. The number of hydrogen-bond acceptors (Lipinski definition) is 4. The second-order valence-electron chi connectivity index (χ2n) is 4.60. The number of nitrogens with zero attached hydrogens (tertiary/aromatic N) is 2. The van der Waals surface area contributed by atoms with E-state index in [0.29, 0.717) is 24.9 Å². The fourth-order valence-electron chi connectivity index (χ4n) is 1.99. The molecule has 1 aliphatic rings. The Labute approximate surface area is 118 Å². The first-order valence-corrected chi connectivity index (χ1v) is 7.40. The second-order valence-corrected chi connectivity index (χ2v) is 6.09. The highest BCUT2D eigenvalue weighted by Crippen LogP contribution is 2.25. The van der Waals surface area contributed by atoms with Gasteiger partial charge in [0.05, 0.1) is 6.61 Å². The summed E-state index contributed by atoms with van der Waals surface area (Å²) in [6.07, 6.45) is 0. The monoisotopic (exact) mass is 290 g/mol. The average molecular weight is 290 g/mol. The van der Waals surface area contributed by atoms with Crippen LogP contribution in [0.2, 0.25) is 0 Å². The van der Waals surface area contributed by atoms with Crippen molar-refractivity contribution >= 4 is 23.8 Å². The number of carboxylic acids is 1. The topological polar surface area (TPSA) is 70.1 Å². The van der Waals surface area contributed by atoms with Crippen molar-refractivity contribution in [3.05, 3.63) is 0 Å². The van der Waals surface area contributed by atoms with Crippen molar-refractivity contribution < 1.29 is 19.4 Å². The molecule has 7 heteroatoms. The predicted molar refractivity (Wildman–Crippen MR) is 74.6 cm³/mol. The molecule has 0 saturated carbocycles. The van der Waals surface area contributed by atoms with E-state index in [9.17, 15) is 9.59 Å². The van der Waals surface area contributed by atoms with Gasteiger partial charge >= 0.3 is 12.0 Å². The first-order chi connectivity index (χ1) is 8.97. The number of carboxylic acid groups (broad SMARTS) is 1. The van der Waals surface area contributed by atoms with Crippen LogP contribution in [-0.2, 0) is 9.53 Å². The molecule has 1 saturated heterocycles. The minimum atomic E-state index is -1.00. The summed E-state index contributed by atoms with van der Waals surface area (Å²) in [5.41, 5.74) is 0. The van der Waals surface area contributed by atoms with Crippen LogP contribution in [0, 0.1) is 0 Å². The van der Waals surface area contributed by atoms with Crippen LogP contribution in [-0.4, -0.2) is 77.3 Å². The Hall–Kier alpha value is -0.950. The second kappa shape index (κ2) is 7.59. The lowest BCUT2D eigenvalue weighted by Crippen LogP contribution is -2.54. The molecule has 0 spiro atoms.